The van der Waals surface area contributed by atoms with Gasteiger partial charge >= 0.3 is 0 Å². The molecule has 7 nitrogen and oxygen atoms in total. The summed E-state index contributed by atoms with van der Waals surface area (Å²) in [5, 5.41) is 11.3. The number of hydrogen-bond acceptors (Lipinski definition) is 6. The van der Waals surface area contributed by atoms with E-state index in [0.717, 1.165) is 25.7 Å². The minimum absolute atomic E-state index is 0.0625. The molecule has 0 spiro atoms. The second-order valence-electron chi connectivity index (χ2n) is 8.11. The van der Waals surface area contributed by atoms with Gasteiger partial charge in [0.1, 0.15) is 11.5 Å². The van der Waals surface area contributed by atoms with Gasteiger partial charge in [0.05, 0.1) is 37.4 Å². The van der Waals surface area contributed by atoms with Gasteiger partial charge in [-0.2, -0.15) is 0 Å². The van der Waals surface area contributed by atoms with Crippen molar-refractivity contribution in [1.29, 1.82) is 0 Å². The molecular weight excluding hydrogens is 490 g/mol. The summed E-state index contributed by atoms with van der Waals surface area (Å²) in [5.41, 5.74) is 1.15. The third-order valence-corrected chi connectivity index (χ3v) is 6.97. The third-order valence-electron chi connectivity index (χ3n) is 6.35. The van der Waals surface area contributed by atoms with E-state index < -0.39 is 17.7 Å². The van der Waals surface area contributed by atoms with Crippen LogP contribution in [0.2, 0.25) is 0 Å². The monoisotopic (exact) mass is 515 g/mol. The largest absolute Gasteiger partial charge is 0.507 e. The number of hydrogen-bond donors (Lipinski definition) is 1. The maximum Gasteiger partial charge on any atom is 0.295 e. The normalized spacial score (nSPS) is 20.4. The van der Waals surface area contributed by atoms with Crippen LogP contribution in [0.15, 0.2) is 46.4 Å². The number of ketones is 1. The smallest absolute Gasteiger partial charge is 0.295 e. The predicted octanol–water partition coefficient (Wildman–Crippen LogP) is 4.84. The molecule has 2 aromatic rings. The van der Waals surface area contributed by atoms with Crippen molar-refractivity contribution < 1.29 is 28.9 Å². The zero-order valence-electron chi connectivity index (χ0n) is 18.8. The maximum atomic E-state index is 13.3. The van der Waals surface area contributed by atoms with E-state index in [1.54, 1.807) is 55.5 Å². The molecule has 1 aliphatic heterocycles. The Hall–Kier alpha value is -3.00. The number of ether oxygens (including phenoxy) is 3. The lowest BCUT2D eigenvalue weighted by atomic mass is 9.94. The number of benzene rings is 2. The Kier molecular flexibility index (Phi) is 6.65. The zero-order chi connectivity index (χ0) is 23.7. The van der Waals surface area contributed by atoms with E-state index in [0.29, 0.717) is 32.8 Å². The van der Waals surface area contributed by atoms with Crippen LogP contribution >= 0.6 is 15.9 Å². The molecule has 1 unspecified atom stereocenters. The van der Waals surface area contributed by atoms with Crippen molar-refractivity contribution in [3.63, 3.8) is 0 Å². The van der Waals surface area contributed by atoms with Crippen molar-refractivity contribution in [2.24, 2.45) is 0 Å². The van der Waals surface area contributed by atoms with Crippen LogP contribution in [0.3, 0.4) is 0 Å². The first-order chi connectivity index (χ1) is 15.9. The zero-order valence-corrected chi connectivity index (χ0v) is 20.3. The van der Waals surface area contributed by atoms with Gasteiger partial charge in [-0.05, 0) is 64.7 Å². The molecule has 0 aromatic heterocycles. The van der Waals surface area contributed by atoms with E-state index in [9.17, 15) is 14.7 Å². The summed E-state index contributed by atoms with van der Waals surface area (Å²) in [6, 6.07) is 9.54. The van der Waals surface area contributed by atoms with E-state index in [1.165, 1.54) is 7.11 Å². The predicted molar refractivity (Wildman–Crippen MR) is 127 cm³/mol. The fourth-order valence-corrected chi connectivity index (χ4v) is 5.27. The van der Waals surface area contributed by atoms with Crippen LogP contribution < -0.4 is 14.2 Å². The summed E-state index contributed by atoms with van der Waals surface area (Å²) in [7, 11) is 4.62. The third kappa shape index (κ3) is 4.08. The summed E-state index contributed by atoms with van der Waals surface area (Å²) >= 11 is 3.42. The number of rotatable bonds is 6. The number of nitrogens with zero attached hydrogens (tertiary/aromatic N) is 1. The topological polar surface area (TPSA) is 85.3 Å². The molecule has 2 aliphatic rings. The molecule has 2 aromatic carbocycles. The van der Waals surface area contributed by atoms with Gasteiger partial charge in [0.2, 0.25) is 0 Å². The lowest BCUT2D eigenvalue weighted by Gasteiger charge is -2.31. The van der Waals surface area contributed by atoms with Gasteiger partial charge in [0.25, 0.3) is 11.7 Å². The Morgan fingerprint density at radius 3 is 2.18 bits per heavy atom. The van der Waals surface area contributed by atoms with Crippen molar-refractivity contribution in [3.05, 3.63) is 57.6 Å². The molecule has 1 amide bonds. The number of Topliss-reactive ketones (excluding diaryl/α,β-unsaturated/α-hetero) is 1. The number of carbonyl (C=O) groups excluding carboxylic acids is 2. The highest BCUT2D eigenvalue weighted by molar-refractivity contribution is 9.10. The molecule has 0 radical (unpaired) electrons. The summed E-state index contributed by atoms with van der Waals surface area (Å²) in [6.07, 6.45) is 3.64. The van der Waals surface area contributed by atoms with Gasteiger partial charge in [-0.15, -0.1) is 0 Å². The van der Waals surface area contributed by atoms with Gasteiger partial charge in [-0.1, -0.05) is 18.9 Å². The lowest BCUT2D eigenvalue weighted by molar-refractivity contribution is -0.141. The van der Waals surface area contributed by atoms with Crippen LogP contribution in [-0.2, 0) is 9.59 Å². The van der Waals surface area contributed by atoms with E-state index in [-0.39, 0.29) is 17.4 Å². The minimum atomic E-state index is -0.728. The first-order valence-corrected chi connectivity index (χ1v) is 11.6. The van der Waals surface area contributed by atoms with Crippen LogP contribution in [0.25, 0.3) is 5.76 Å². The summed E-state index contributed by atoms with van der Waals surface area (Å²) in [4.78, 5) is 28.1. The molecule has 33 heavy (non-hydrogen) atoms. The Bertz CT molecular complexity index is 1120. The molecule has 1 heterocycles. The molecular formula is C25H26BrNO6. The SMILES string of the molecule is COc1ccc(/C(O)=C2/C(=O)C(=O)N(C3CCCC3)C2c2ccc(OC)c(OC)c2)cc1Br. The van der Waals surface area contributed by atoms with E-state index in [2.05, 4.69) is 15.9 Å². The van der Waals surface area contributed by atoms with Crippen molar-refractivity contribution in [1.82, 2.24) is 4.90 Å². The van der Waals surface area contributed by atoms with Crippen LogP contribution in [0, 0.1) is 0 Å². The second kappa shape index (κ2) is 9.47. The van der Waals surface area contributed by atoms with E-state index in [1.807, 2.05) is 0 Å². The number of likely N-dealkylation sites (tertiary alicyclic amines) is 1. The van der Waals surface area contributed by atoms with Crippen molar-refractivity contribution >= 4 is 33.4 Å². The number of halogens is 1. The Morgan fingerprint density at radius 2 is 1.58 bits per heavy atom. The fraction of sp³-hybridized carbons (Fsp3) is 0.360. The van der Waals surface area contributed by atoms with Crippen molar-refractivity contribution in [2.75, 3.05) is 21.3 Å². The van der Waals surface area contributed by atoms with E-state index >= 15 is 0 Å². The number of methoxy groups -OCH3 is 3. The highest BCUT2D eigenvalue weighted by Crippen LogP contribution is 2.45. The highest BCUT2D eigenvalue weighted by atomic mass is 79.9. The first-order valence-electron chi connectivity index (χ1n) is 10.8. The van der Waals surface area contributed by atoms with Crippen LogP contribution in [0.5, 0.6) is 17.2 Å². The van der Waals surface area contributed by atoms with Crippen molar-refractivity contribution in [2.45, 2.75) is 37.8 Å². The molecule has 2 fully saturated rings. The van der Waals surface area contributed by atoms with Gasteiger partial charge < -0.3 is 24.2 Å². The maximum absolute atomic E-state index is 13.3. The molecule has 4 rings (SSSR count). The molecule has 0 bridgehead atoms. The summed E-state index contributed by atoms with van der Waals surface area (Å²) < 4.78 is 16.7. The molecule has 1 aliphatic carbocycles. The summed E-state index contributed by atoms with van der Waals surface area (Å²) in [5.74, 6) is 0.116. The highest BCUT2D eigenvalue weighted by Gasteiger charge is 2.49. The molecule has 1 saturated carbocycles. The molecule has 1 saturated heterocycles. The van der Waals surface area contributed by atoms with Gasteiger partial charge in [0.15, 0.2) is 11.5 Å². The lowest BCUT2D eigenvalue weighted by Crippen LogP contribution is -2.37. The van der Waals surface area contributed by atoms with Crippen molar-refractivity contribution in [3.8, 4) is 17.2 Å². The molecule has 1 atom stereocenters. The number of aliphatic hydroxyl groups is 1. The number of aliphatic hydroxyl groups excluding tert-OH is 1. The van der Waals surface area contributed by atoms with Crippen LogP contribution in [0.1, 0.15) is 42.9 Å². The van der Waals surface area contributed by atoms with E-state index in [4.69, 9.17) is 14.2 Å². The van der Waals surface area contributed by atoms with Gasteiger partial charge in [-0.25, -0.2) is 0 Å². The van der Waals surface area contributed by atoms with Gasteiger partial charge in [-0.3, -0.25) is 9.59 Å². The Labute approximate surface area is 201 Å². The second-order valence-corrected chi connectivity index (χ2v) is 8.96. The average molecular weight is 516 g/mol. The quantitative estimate of drug-likeness (QED) is 0.336. The first kappa shape index (κ1) is 23.2. The molecule has 1 N–H and O–H groups in total. The fourth-order valence-electron chi connectivity index (χ4n) is 4.73. The summed E-state index contributed by atoms with van der Waals surface area (Å²) in [6.45, 7) is 0. The Morgan fingerprint density at radius 1 is 0.939 bits per heavy atom. The minimum Gasteiger partial charge on any atom is -0.507 e. The van der Waals surface area contributed by atoms with Crippen LogP contribution in [-0.4, -0.2) is 49.1 Å². The number of carbonyl (C=O) groups is 2. The Balaban J connectivity index is 1.90. The van der Waals surface area contributed by atoms with Crippen LogP contribution in [0.4, 0.5) is 0 Å². The number of amides is 1. The van der Waals surface area contributed by atoms with Gasteiger partial charge in [0, 0.05) is 11.6 Å². The average Bonchev–Trinajstić information content (AvgIpc) is 3.44. The molecule has 174 valence electrons. The standard InChI is InChI=1S/C25H26BrNO6/c1-31-18-10-9-15(12-17(18)26)23(28)21-22(14-8-11-19(32-2)20(13-14)33-3)27(25(30)24(21)29)16-6-4-5-7-16/h8-13,16,22,28H,4-7H2,1-3H3/b23-21-. The molecule has 8 heteroatoms.